The average Bonchev–Trinajstić information content (AvgIpc) is 3.12. The van der Waals surface area contributed by atoms with E-state index < -0.39 is 0 Å². The van der Waals surface area contributed by atoms with Crippen LogP contribution in [0.1, 0.15) is 41.5 Å². The minimum absolute atomic E-state index is 0.0596. The third-order valence-electron chi connectivity index (χ3n) is 4.47. The first-order valence-electron chi connectivity index (χ1n) is 9.95. The molecule has 0 aliphatic heterocycles. The van der Waals surface area contributed by atoms with Gasteiger partial charge in [-0.15, -0.1) is 0 Å². The standard InChI is InChI=1S/C21H32N6O/c1-4-23-21(25-11-5-6-14-27-15-13-24-17(27)2)26-12-10-18-8-7-9-19(16-18)20(28)22-3/h7-9,13,15-16H,4-6,10-12,14H2,1-3H3,(H,22,28)(H2,23,25,26). The molecule has 0 saturated carbocycles. The summed E-state index contributed by atoms with van der Waals surface area (Å²) >= 11 is 0. The lowest BCUT2D eigenvalue weighted by molar-refractivity contribution is 0.0963. The number of aromatic nitrogens is 2. The van der Waals surface area contributed by atoms with Crippen molar-refractivity contribution in [2.24, 2.45) is 4.99 Å². The number of nitrogens with zero attached hydrogens (tertiary/aromatic N) is 3. The van der Waals surface area contributed by atoms with Crippen LogP contribution in [0.3, 0.4) is 0 Å². The third kappa shape index (κ3) is 7.06. The molecule has 1 amide bonds. The van der Waals surface area contributed by atoms with Crippen molar-refractivity contribution < 1.29 is 4.79 Å². The van der Waals surface area contributed by atoms with Gasteiger partial charge in [-0.3, -0.25) is 9.79 Å². The number of imidazole rings is 1. The highest BCUT2D eigenvalue weighted by molar-refractivity contribution is 5.94. The molecule has 0 saturated heterocycles. The summed E-state index contributed by atoms with van der Waals surface area (Å²) in [5.74, 6) is 1.83. The number of aryl methyl sites for hydroxylation is 2. The third-order valence-corrected chi connectivity index (χ3v) is 4.47. The monoisotopic (exact) mass is 384 g/mol. The molecule has 2 aromatic rings. The Morgan fingerprint density at radius 2 is 2.11 bits per heavy atom. The van der Waals surface area contributed by atoms with Gasteiger partial charge >= 0.3 is 0 Å². The molecule has 0 aliphatic rings. The van der Waals surface area contributed by atoms with E-state index in [4.69, 9.17) is 0 Å². The Labute approximate surface area is 167 Å². The smallest absolute Gasteiger partial charge is 0.251 e. The Kier molecular flexibility index (Phi) is 9.04. The highest BCUT2D eigenvalue weighted by Crippen LogP contribution is 2.06. The molecule has 0 fully saturated rings. The minimum Gasteiger partial charge on any atom is -0.357 e. The molecule has 0 bridgehead atoms. The summed E-state index contributed by atoms with van der Waals surface area (Å²) < 4.78 is 2.17. The highest BCUT2D eigenvalue weighted by atomic mass is 16.1. The number of hydrogen-bond donors (Lipinski definition) is 3. The molecule has 152 valence electrons. The maximum Gasteiger partial charge on any atom is 0.251 e. The summed E-state index contributed by atoms with van der Waals surface area (Å²) in [4.78, 5) is 20.6. The second-order valence-electron chi connectivity index (χ2n) is 6.59. The number of unbranched alkanes of at least 4 members (excludes halogenated alkanes) is 1. The van der Waals surface area contributed by atoms with Crippen LogP contribution in [0.2, 0.25) is 0 Å². The van der Waals surface area contributed by atoms with Gasteiger partial charge in [0.25, 0.3) is 5.91 Å². The first-order valence-corrected chi connectivity index (χ1v) is 9.95. The fraction of sp³-hybridized carbons (Fsp3) is 0.476. The van der Waals surface area contributed by atoms with Gasteiger partial charge < -0.3 is 20.5 Å². The first kappa shape index (κ1) is 21.5. The number of guanidine groups is 1. The van der Waals surface area contributed by atoms with Crippen molar-refractivity contribution in [2.45, 2.75) is 39.7 Å². The van der Waals surface area contributed by atoms with Crippen LogP contribution in [0.15, 0.2) is 41.7 Å². The zero-order valence-electron chi connectivity index (χ0n) is 17.2. The van der Waals surface area contributed by atoms with Crippen LogP contribution in [-0.2, 0) is 13.0 Å². The van der Waals surface area contributed by atoms with Crippen LogP contribution in [0.5, 0.6) is 0 Å². The molecule has 0 spiro atoms. The number of nitrogens with one attached hydrogen (secondary N) is 3. The molecule has 2 rings (SSSR count). The summed E-state index contributed by atoms with van der Waals surface area (Å²) in [6.45, 7) is 7.44. The van der Waals surface area contributed by atoms with E-state index >= 15 is 0 Å². The van der Waals surface area contributed by atoms with Gasteiger partial charge in [0, 0.05) is 51.2 Å². The number of aliphatic imine (C=N–C) groups is 1. The molecular formula is C21H32N6O. The van der Waals surface area contributed by atoms with E-state index in [-0.39, 0.29) is 5.91 Å². The number of amides is 1. The Morgan fingerprint density at radius 1 is 1.25 bits per heavy atom. The molecule has 7 nitrogen and oxygen atoms in total. The van der Waals surface area contributed by atoms with E-state index in [9.17, 15) is 4.79 Å². The zero-order valence-corrected chi connectivity index (χ0v) is 17.2. The lowest BCUT2D eigenvalue weighted by Crippen LogP contribution is -2.38. The summed E-state index contributed by atoms with van der Waals surface area (Å²) in [6.07, 6.45) is 6.79. The first-order chi connectivity index (χ1) is 13.6. The van der Waals surface area contributed by atoms with E-state index in [2.05, 4.69) is 37.4 Å². The van der Waals surface area contributed by atoms with Gasteiger partial charge in [0.15, 0.2) is 5.96 Å². The molecule has 28 heavy (non-hydrogen) atoms. The number of hydrogen-bond acceptors (Lipinski definition) is 3. The van der Waals surface area contributed by atoms with Crippen LogP contribution in [0.4, 0.5) is 0 Å². The number of carbonyl (C=O) groups is 1. The van der Waals surface area contributed by atoms with Crippen LogP contribution >= 0.6 is 0 Å². The number of benzene rings is 1. The lowest BCUT2D eigenvalue weighted by Gasteiger charge is -2.12. The maximum absolute atomic E-state index is 11.7. The molecule has 3 N–H and O–H groups in total. The number of rotatable bonds is 10. The summed E-state index contributed by atoms with van der Waals surface area (Å²) in [5, 5.41) is 9.31. The second kappa shape index (κ2) is 11.8. The minimum atomic E-state index is -0.0596. The molecular weight excluding hydrogens is 352 g/mol. The van der Waals surface area contributed by atoms with E-state index in [1.165, 1.54) is 0 Å². The van der Waals surface area contributed by atoms with Gasteiger partial charge in [-0.25, -0.2) is 4.98 Å². The number of carbonyl (C=O) groups excluding carboxylic acids is 1. The quantitative estimate of drug-likeness (QED) is 0.333. The fourth-order valence-corrected chi connectivity index (χ4v) is 2.90. The van der Waals surface area contributed by atoms with E-state index in [0.29, 0.717) is 5.56 Å². The Balaban J connectivity index is 1.75. The molecule has 1 aromatic carbocycles. The highest BCUT2D eigenvalue weighted by Gasteiger charge is 2.04. The Hall–Kier alpha value is -2.83. The topological polar surface area (TPSA) is 83.3 Å². The zero-order chi connectivity index (χ0) is 20.2. The maximum atomic E-state index is 11.7. The van der Waals surface area contributed by atoms with Crippen LogP contribution in [-0.4, -0.2) is 48.1 Å². The predicted molar refractivity (Wildman–Crippen MR) is 114 cm³/mol. The van der Waals surface area contributed by atoms with Gasteiger partial charge in [0.2, 0.25) is 0 Å². The fourth-order valence-electron chi connectivity index (χ4n) is 2.90. The summed E-state index contributed by atoms with van der Waals surface area (Å²) in [7, 11) is 1.65. The SMILES string of the molecule is CCNC(=NCCCCn1ccnc1C)NCCc1cccc(C(=O)NC)c1. The van der Waals surface area contributed by atoms with Crippen molar-refractivity contribution in [3.05, 3.63) is 53.6 Å². The Morgan fingerprint density at radius 3 is 2.82 bits per heavy atom. The van der Waals surface area contributed by atoms with Crippen molar-refractivity contribution in [3.63, 3.8) is 0 Å². The summed E-state index contributed by atoms with van der Waals surface area (Å²) in [6, 6.07) is 7.71. The van der Waals surface area contributed by atoms with Crippen molar-refractivity contribution in [1.29, 1.82) is 0 Å². The van der Waals surface area contributed by atoms with Crippen molar-refractivity contribution in [1.82, 2.24) is 25.5 Å². The molecule has 0 unspecified atom stereocenters. The van der Waals surface area contributed by atoms with Crippen LogP contribution in [0, 0.1) is 6.92 Å². The Bertz CT molecular complexity index is 768. The van der Waals surface area contributed by atoms with Gasteiger partial charge in [-0.2, -0.15) is 0 Å². The molecule has 0 radical (unpaired) electrons. The van der Waals surface area contributed by atoms with Crippen molar-refractivity contribution >= 4 is 11.9 Å². The largest absolute Gasteiger partial charge is 0.357 e. The van der Waals surface area contributed by atoms with Gasteiger partial charge in [-0.1, -0.05) is 12.1 Å². The average molecular weight is 385 g/mol. The summed E-state index contributed by atoms with van der Waals surface area (Å²) in [5.41, 5.74) is 1.81. The van der Waals surface area contributed by atoms with E-state index in [1.807, 2.05) is 43.6 Å². The van der Waals surface area contributed by atoms with Crippen LogP contribution in [0.25, 0.3) is 0 Å². The molecule has 0 atom stereocenters. The second-order valence-corrected chi connectivity index (χ2v) is 6.59. The van der Waals surface area contributed by atoms with E-state index in [1.54, 1.807) is 7.05 Å². The van der Waals surface area contributed by atoms with Crippen LogP contribution < -0.4 is 16.0 Å². The van der Waals surface area contributed by atoms with Gasteiger partial charge in [0.05, 0.1) is 0 Å². The predicted octanol–water partition coefficient (Wildman–Crippen LogP) is 2.13. The molecule has 1 heterocycles. The molecule has 7 heteroatoms. The normalized spacial score (nSPS) is 11.3. The molecule has 0 aliphatic carbocycles. The van der Waals surface area contributed by atoms with Gasteiger partial charge in [-0.05, 0) is 50.8 Å². The van der Waals surface area contributed by atoms with Crippen molar-refractivity contribution in [3.8, 4) is 0 Å². The van der Waals surface area contributed by atoms with Crippen molar-refractivity contribution in [2.75, 3.05) is 26.7 Å². The van der Waals surface area contributed by atoms with Gasteiger partial charge in [0.1, 0.15) is 5.82 Å². The van der Waals surface area contributed by atoms with E-state index in [0.717, 1.165) is 62.8 Å². The lowest BCUT2D eigenvalue weighted by atomic mass is 10.1. The molecule has 1 aromatic heterocycles.